The van der Waals surface area contributed by atoms with Crippen LogP contribution in [0.1, 0.15) is 24.7 Å². The fourth-order valence-corrected chi connectivity index (χ4v) is 3.84. The van der Waals surface area contributed by atoms with Gasteiger partial charge < -0.3 is 28.8 Å². The van der Waals surface area contributed by atoms with E-state index in [1.807, 2.05) is 24.3 Å². The molecule has 3 rings (SSSR count). The van der Waals surface area contributed by atoms with E-state index in [-0.39, 0.29) is 24.0 Å². The zero-order chi connectivity index (χ0) is 22.8. The van der Waals surface area contributed by atoms with Gasteiger partial charge in [-0.1, -0.05) is 6.92 Å². The third-order valence-electron chi connectivity index (χ3n) is 5.52. The number of piperazine rings is 1. The Morgan fingerprint density at radius 3 is 2.30 bits per heavy atom. The smallest absolute Gasteiger partial charge is 0.203 e. The van der Waals surface area contributed by atoms with E-state index in [0.717, 1.165) is 75.9 Å². The highest BCUT2D eigenvalue weighted by Crippen LogP contribution is 2.38. The van der Waals surface area contributed by atoms with Crippen LogP contribution >= 0.6 is 24.0 Å². The largest absolute Gasteiger partial charge is 0.493 e. The number of nitrogens with zero attached hydrogens (tertiary/aromatic N) is 3. The highest BCUT2D eigenvalue weighted by molar-refractivity contribution is 14.0. The molecule has 8 nitrogen and oxygen atoms in total. The predicted octanol–water partition coefficient (Wildman–Crippen LogP) is 3.64. The first-order valence-corrected chi connectivity index (χ1v) is 11.2. The Bertz CT molecular complexity index is 827. The Morgan fingerprint density at radius 2 is 1.76 bits per heavy atom. The zero-order valence-corrected chi connectivity index (χ0v) is 22.5. The molecule has 1 aromatic carbocycles. The molecule has 0 saturated carbocycles. The first-order valence-electron chi connectivity index (χ1n) is 11.2. The lowest BCUT2D eigenvalue weighted by atomic mass is 10.1. The van der Waals surface area contributed by atoms with Crippen molar-refractivity contribution in [1.82, 2.24) is 15.1 Å². The summed E-state index contributed by atoms with van der Waals surface area (Å²) in [5.41, 5.74) is 1.14. The van der Waals surface area contributed by atoms with E-state index in [0.29, 0.717) is 17.2 Å². The molecule has 0 unspecified atom stereocenters. The molecule has 184 valence electrons. The molecule has 0 bridgehead atoms. The maximum absolute atomic E-state index is 5.50. The number of methoxy groups -OCH3 is 3. The minimum absolute atomic E-state index is 0. The van der Waals surface area contributed by atoms with E-state index in [1.165, 1.54) is 0 Å². The van der Waals surface area contributed by atoms with Crippen molar-refractivity contribution in [2.45, 2.75) is 26.3 Å². The van der Waals surface area contributed by atoms with Gasteiger partial charge in [-0.3, -0.25) is 9.89 Å². The van der Waals surface area contributed by atoms with E-state index >= 15 is 0 Å². The molecular weight excluding hydrogens is 535 g/mol. The number of nitrogens with one attached hydrogen (secondary N) is 1. The van der Waals surface area contributed by atoms with Gasteiger partial charge in [-0.15, -0.1) is 24.0 Å². The quantitative estimate of drug-likeness (QED) is 0.265. The number of hydrogen-bond acceptors (Lipinski definition) is 6. The van der Waals surface area contributed by atoms with Crippen LogP contribution in [0.25, 0.3) is 0 Å². The van der Waals surface area contributed by atoms with Crippen LogP contribution in [0.2, 0.25) is 0 Å². The standard InChI is InChI=1S/C24H36N4O4.HI/c1-5-9-25-24(26-10-8-20-7-6-15-32-20)28-13-11-27(12-14-28)18-19-16-21(29-2)23(31-4)22(17-19)30-3;/h6-7,15-17H,5,8-14,18H2,1-4H3,(H,25,26);1H. The Hall–Kier alpha value is -2.14. The molecule has 9 heteroatoms. The Kier molecular flexibility index (Phi) is 11.7. The summed E-state index contributed by atoms with van der Waals surface area (Å²) < 4.78 is 21.9. The van der Waals surface area contributed by atoms with Gasteiger partial charge in [0.1, 0.15) is 5.76 Å². The lowest BCUT2D eigenvalue weighted by Crippen LogP contribution is -2.52. The number of furan rings is 1. The molecule has 1 aliphatic heterocycles. The zero-order valence-electron chi connectivity index (χ0n) is 20.1. The van der Waals surface area contributed by atoms with Gasteiger partial charge in [-0.05, 0) is 36.2 Å². The van der Waals surface area contributed by atoms with Crippen molar-refractivity contribution in [2.75, 3.05) is 60.6 Å². The summed E-state index contributed by atoms with van der Waals surface area (Å²) in [6, 6.07) is 7.98. The van der Waals surface area contributed by atoms with Crippen molar-refractivity contribution in [3.05, 3.63) is 41.9 Å². The molecule has 2 heterocycles. The Labute approximate surface area is 214 Å². The molecule has 0 aliphatic carbocycles. The second-order valence-corrected chi connectivity index (χ2v) is 7.76. The van der Waals surface area contributed by atoms with E-state index in [2.05, 4.69) is 22.0 Å². The monoisotopic (exact) mass is 572 g/mol. The van der Waals surface area contributed by atoms with Gasteiger partial charge in [0.25, 0.3) is 0 Å². The van der Waals surface area contributed by atoms with Crippen molar-refractivity contribution in [2.24, 2.45) is 4.99 Å². The second-order valence-electron chi connectivity index (χ2n) is 7.76. The fourth-order valence-electron chi connectivity index (χ4n) is 3.84. The lowest BCUT2D eigenvalue weighted by Gasteiger charge is -2.36. The third kappa shape index (κ3) is 7.70. The van der Waals surface area contributed by atoms with Crippen LogP contribution in [0.15, 0.2) is 39.9 Å². The molecule has 33 heavy (non-hydrogen) atoms. The van der Waals surface area contributed by atoms with Crippen molar-refractivity contribution in [3.63, 3.8) is 0 Å². The van der Waals surface area contributed by atoms with E-state index in [9.17, 15) is 0 Å². The van der Waals surface area contributed by atoms with Gasteiger partial charge in [0.05, 0.1) is 27.6 Å². The number of ether oxygens (including phenoxy) is 3. The normalized spacial score (nSPS) is 14.5. The highest BCUT2D eigenvalue weighted by atomic mass is 127. The van der Waals surface area contributed by atoms with Gasteiger partial charge in [-0.25, -0.2) is 0 Å². The van der Waals surface area contributed by atoms with Crippen LogP contribution in [-0.2, 0) is 13.0 Å². The van der Waals surface area contributed by atoms with Crippen LogP contribution in [0.5, 0.6) is 17.2 Å². The van der Waals surface area contributed by atoms with E-state index in [4.69, 9.17) is 23.6 Å². The summed E-state index contributed by atoms with van der Waals surface area (Å²) in [6.45, 7) is 8.40. The average Bonchev–Trinajstić information content (AvgIpc) is 3.34. The first kappa shape index (κ1) is 27.1. The molecule has 2 aromatic rings. The van der Waals surface area contributed by atoms with Crippen LogP contribution in [0.4, 0.5) is 0 Å². The highest BCUT2D eigenvalue weighted by Gasteiger charge is 2.21. The number of hydrogen-bond donors (Lipinski definition) is 1. The molecule has 1 saturated heterocycles. The first-order chi connectivity index (χ1) is 15.7. The van der Waals surface area contributed by atoms with Crippen molar-refractivity contribution in [3.8, 4) is 17.2 Å². The number of guanidine groups is 1. The molecule has 1 aromatic heterocycles. The average molecular weight is 572 g/mol. The minimum Gasteiger partial charge on any atom is -0.493 e. The van der Waals surface area contributed by atoms with E-state index in [1.54, 1.807) is 27.6 Å². The number of rotatable bonds is 10. The maximum Gasteiger partial charge on any atom is 0.203 e. The van der Waals surface area contributed by atoms with Gasteiger partial charge in [-0.2, -0.15) is 0 Å². The van der Waals surface area contributed by atoms with E-state index < -0.39 is 0 Å². The summed E-state index contributed by atoms with van der Waals surface area (Å²) in [5.74, 6) is 3.99. The van der Waals surface area contributed by atoms with Gasteiger partial charge in [0, 0.05) is 52.2 Å². The van der Waals surface area contributed by atoms with Crippen LogP contribution in [0.3, 0.4) is 0 Å². The molecule has 0 atom stereocenters. The third-order valence-corrected chi connectivity index (χ3v) is 5.52. The molecule has 0 radical (unpaired) electrons. The summed E-state index contributed by atoms with van der Waals surface area (Å²) in [5, 5.41) is 3.52. The molecule has 1 fully saturated rings. The topological polar surface area (TPSA) is 71.7 Å². The summed E-state index contributed by atoms with van der Waals surface area (Å²) in [7, 11) is 4.92. The van der Waals surface area contributed by atoms with Crippen LogP contribution < -0.4 is 19.5 Å². The Balaban J connectivity index is 0.00000385. The lowest BCUT2D eigenvalue weighted by molar-refractivity contribution is 0.172. The van der Waals surface area contributed by atoms with Gasteiger partial charge in [0.15, 0.2) is 17.5 Å². The summed E-state index contributed by atoms with van der Waals surface area (Å²) >= 11 is 0. The predicted molar refractivity (Wildman–Crippen MR) is 141 cm³/mol. The van der Waals surface area contributed by atoms with Crippen LogP contribution in [0, 0.1) is 0 Å². The van der Waals surface area contributed by atoms with Gasteiger partial charge >= 0.3 is 0 Å². The SMILES string of the molecule is CCCN=C(NCCc1ccco1)N1CCN(Cc2cc(OC)c(OC)c(OC)c2)CC1.I. The number of aliphatic imine (C=N–C) groups is 1. The molecule has 0 amide bonds. The van der Waals surface area contributed by atoms with Crippen molar-refractivity contribution in [1.29, 1.82) is 0 Å². The molecule has 1 aliphatic rings. The van der Waals surface area contributed by atoms with Crippen LogP contribution in [-0.4, -0.2) is 76.4 Å². The number of halogens is 1. The maximum atomic E-state index is 5.50. The minimum atomic E-state index is 0. The van der Waals surface area contributed by atoms with Crippen molar-refractivity contribution >= 4 is 29.9 Å². The Morgan fingerprint density at radius 1 is 1.06 bits per heavy atom. The summed E-state index contributed by atoms with van der Waals surface area (Å²) in [6.07, 6.45) is 3.60. The number of benzene rings is 1. The molecule has 1 N–H and O–H groups in total. The fraction of sp³-hybridized carbons (Fsp3) is 0.542. The molecule has 0 spiro atoms. The van der Waals surface area contributed by atoms with Gasteiger partial charge in [0.2, 0.25) is 5.75 Å². The van der Waals surface area contributed by atoms with Crippen molar-refractivity contribution < 1.29 is 18.6 Å². The summed E-state index contributed by atoms with van der Waals surface area (Å²) in [4.78, 5) is 9.59. The molecular formula is C24H37IN4O4. The second kappa shape index (κ2) is 14.2.